The van der Waals surface area contributed by atoms with E-state index in [0.717, 1.165) is 10.8 Å². The number of fused-ring (bicyclic) bond motifs is 1. The molecule has 0 saturated carbocycles. The fourth-order valence-corrected chi connectivity index (χ4v) is 3.64. The van der Waals surface area contributed by atoms with Crippen LogP contribution in [0.25, 0.3) is 10.8 Å². The smallest absolute Gasteiger partial charge is 0.257 e. The molecule has 6 nitrogen and oxygen atoms in total. The Bertz CT molecular complexity index is 1020. The minimum Gasteiger partial charge on any atom is -0.483 e. The van der Waals surface area contributed by atoms with Gasteiger partial charge in [-0.3, -0.25) is 4.79 Å². The topological polar surface area (TPSA) is 84.5 Å². The first kappa shape index (κ1) is 18.9. The summed E-state index contributed by atoms with van der Waals surface area (Å²) in [5, 5.41) is 4.60. The molecular formula is C20H20N2O4S. The molecular weight excluding hydrogens is 364 g/mol. The normalized spacial score (nSPS) is 11.3. The van der Waals surface area contributed by atoms with Gasteiger partial charge < -0.3 is 10.1 Å². The van der Waals surface area contributed by atoms with Gasteiger partial charge in [0, 0.05) is 18.5 Å². The first-order chi connectivity index (χ1) is 13.1. The SMILES string of the molecule is O=C(COc1cccc2ccccc12)NCCNS(=O)(=O)c1ccccc1. The third kappa shape index (κ3) is 5.06. The summed E-state index contributed by atoms with van der Waals surface area (Å²) in [6.07, 6.45) is 0. The van der Waals surface area contributed by atoms with Gasteiger partial charge in [0.2, 0.25) is 10.0 Å². The Kier molecular flexibility index (Phi) is 6.05. The van der Waals surface area contributed by atoms with Gasteiger partial charge in [0.25, 0.3) is 5.91 Å². The maximum Gasteiger partial charge on any atom is 0.257 e. The number of amides is 1. The molecule has 3 aromatic rings. The zero-order valence-electron chi connectivity index (χ0n) is 14.6. The average molecular weight is 384 g/mol. The number of benzene rings is 3. The van der Waals surface area contributed by atoms with Crippen molar-refractivity contribution in [3.8, 4) is 5.75 Å². The highest BCUT2D eigenvalue weighted by atomic mass is 32.2. The molecule has 0 spiro atoms. The molecule has 3 aromatic carbocycles. The van der Waals surface area contributed by atoms with E-state index in [-0.39, 0.29) is 30.5 Å². The highest BCUT2D eigenvalue weighted by Crippen LogP contribution is 2.24. The molecule has 0 radical (unpaired) electrons. The number of carbonyl (C=O) groups excluding carboxylic acids is 1. The Morgan fingerprint density at radius 2 is 1.56 bits per heavy atom. The van der Waals surface area contributed by atoms with Crippen molar-refractivity contribution in [1.29, 1.82) is 0 Å². The lowest BCUT2D eigenvalue weighted by molar-refractivity contribution is -0.123. The van der Waals surface area contributed by atoms with Crippen LogP contribution in [0.5, 0.6) is 5.75 Å². The van der Waals surface area contributed by atoms with E-state index >= 15 is 0 Å². The Labute approximate surface area is 158 Å². The molecule has 7 heteroatoms. The van der Waals surface area contributed by atoms with Crippen molar-refractivity contribution in [2.45, 2.75) is 4.90 Å². The fourth-order valence-electron chi connectivity index (χ4n) is 2.59. The molecule has 0 atom stereocenters. The van der Waals surface area contributed by atoms with E-state index in [1.807, 2.05) is 42.5 Å². The molecule has 0 aromatic heterocycles. The lowest BCUT2D eigenvalue weighted by Gasteiger charge is -2.10. The van der Waals surface area contributed by atoms with Gasteiger partial charge in [0.1, 0.15) is 5.75 Å². The van der Waals surface area contributed by atoms with Crippen molar-refractivity contribution >= 4 is 26.7 Å². The fraction of sp³-hybridized carbons (Fsp3) is 0.150. The predicted molar refractivity (Wildman–Crippen MR) is 104 cm³/mol. The number of carbonyl (C=O) groups is 1. The summed E-state index contributed by atoms with van der Waals surface area (Å²) >= 11 is 0. The second-order valence-electron chi connectivity index (χ2n) is 5.83. The lowest BCUT2D eigenvalue weighted by Crippen LogP contribution is -2.36. The first-order valence-corrected chi connectivity index (χ1v) is 9.96. The zero-order chi connectivity index (χ0) is 19.1. The molecule has 2 N–H and O–H groups in total. The molecule has 0 aliphatic carbocycles. The summed E-state index contributed by atoms with van der Waals surface area (Å²) in [6.45, 7) is 0.125. The molecule has 0 aliphatic rings. The maximum absolute atomic E-state index is 12.1. The van der Waals surface area contributed by atoms with Crippen LogP contribution in [0, 0.1) is 0 Å². The van der Waals surface area contributed by atoms with Gasteiger partial charge in [-0.1, -0.05) is 54.6 Å². The Morgan fingerprint density at radius 3 is 2.37 bits per heavy atom. The van der Waals surface area contributed by atoms with Gasteiger partial charge >= 0.3 is 0 Å². The van der Waals surface area contributed by atoms with Crippen molar-refractivity contribution in [3.05, 3.63) is 72.8 Å². The summed E-state index contributed by atoms with van der Waals surface area (Å²) in [5.74, 6) is 0.315. The summed E-state index contributed by atoms with van der Waals surface area (Å²) in [5.41, 5.74) is 0. The monoisotopic (exact) mass is 384 g/mol. The van der Waals surface area contributed by atoms with Crippen LogP contribution in [0.4, 0.5) is 0 Å². The zero-order valence-corrected chi connectivity index (χ0v) is 15.4. The van der Waals surface area contributed by atoms with Crippen LogP contribution in [0.1, 0.15) is 0 Å². The maximum atomic E-state index is 12.1. The van der Waals surface area contributed by atoms with Crippen LogP contribution in [-0.2, 0) is 14.8 Å². The Balaban J connectivity index is 1.45. The van der Waals surface area contributed by atoms with Gasteiger partial charge in [-0.25, -0.2) is 13.1 Å². The minimum absolute atomic E-state index is 0.0945. The van der Waals surface area contributed by atoms with E-state index in [1.54, 1.807) is 18.2 Å². The second kappa shape index (κ2) is 8.66. The van der Waals surface area contributed by atoms with Gasteiger partial charge in [-0.2, -0.15) is 0 Å². The van der Waals surface area contributed by atoms with E-state index < -0.39 is 10.0 Å². The van der Waals surface area contributed by atoms with Crippen LogP contribution < -0.4 is 14.8 Å². The number of sulfonamides is 1. The van der Waals surface area contributed by atoms with E-state index in [1.165, 1.54) is 12.1 Å². The quantitative estimate of drug-likeness (QED) is 0.584. The molecule has 0 saturated heterocycles. The van der Waals surface area contributed by atoms with Gasteiger partial charge in [0.05, 0.1) is 4.90 Å². The molecule has 3 rings (SSSR count). The largest absolute Gasteiger partial charge is 0.483 e. The molecule has 0 unspecified atom stereocenters. The molecule has 0 aliphatic heterocycles. The number of nitrogens with one attached hydrogen (secondary N) is 2. The highest BCUT2D eigenvalue weighted by Gasteiger charge is 2.12. The van der Waals surface area contributed by atoms with E-state index in [0.29, 0.717) is 5.75 Å². The number of rotatable bonds is 8. The Morgan fingerprint density at radius 1 is 0.852 bits per heavy atom. The second-order valence-corrected chi connectivity index (χ2v) is 7.59. The third-order valence-corrected chi connectivity index (χ3v) is 5.38. The number of hydrogen-bond acceptors (Lipinski definition) is 4. The first-order valence-electron chi connectivity index (χ1n) is 8.48. The van der Waals surface area contributed by atoms with Crippen molar-refractivity contribution in [3.63, 3.8) is 0 Å². The van der Waals surface area contributed by atoms with E-state index in [9.17, 15) is 13.2 Å². The van der Waals surface area contributed by atoms with Crippen LogP contribution in [0.2, 0.25) is 0 Å². The third-order valence-electron chi connectivity index (χ3n) is 3.90. The standard InChI is InChI=1S/C20H20N2O4S/c23-20(15-26-19-12-6-8-16-7-4-5-11-18(16)19)21-13-14-22-27(24,25)17-9-2-1-3-10-17/h1-12,22H,13-15H2,(H,21,23). The summed E-state index contributed by atoms with van der Waals surface area (Å²) in [6, 6.07) is 21.5. The van der Waals surface area contributed by atoms with Crippen LogP contribution in [0.15, 0.2) is 77.7 Å². The molecule has 0 heterocycles. The van der Waals surface area contributed by atoms with Crippen molar-refractivity contribution in [2.24, 2.45) is 0 Å². The van der Waals surface area contributed by atoms with E-state index in [4.69, 9.17) is 4.74 Å². The molecule has 0 fully saturated rings. The van der Waals surface area contributed by atoms with Crippen molar-refractivity contribution in [1.82, 2.24) is 10.0 Å². The molecule has 27 heavy (non-hydrogen) atoms. The predicted octanol–water partition coefficient (Wildman–Crippen LogP) is 2.31. The highest BCUT2D eigenvalue weighted by molar-refractivity contribution is 7.89. The average Bonchev–Trinajstić information content (AvgIpc) is 2.70. The molecule has 140 valence electrons. The molecule has 1 amide bonds. The van der Waals surface area contributed by atoms with Crippen molar-refractivity contribution < 1.29 is 17.9 Å². The van der Waals surface area contributed by atoms with Gasteiger partial charge in [0.15, 0.2) is 6.61 Å². The lowest BCUT2D eigenvalue weighted by atomic mass is 10.1. The van der Waals surface area contributed by atoms with Gasteiger partial charge in [-0.15, -0.1) is 0 Å². The van der Waals surface area contributed by atoms with Gasteiger partial charge in [-0.05, 0) is 23.6 Å². The van der Waals surface area contributed by atoms with Crippen LogP contribution >= 0.6 is 0 Å². The number of ether oxygens (including phenoxy) is 1. The summed E-state index contributed by atoms with van der Waals surface area (Å²) < 4.78 is 32.2. The molecule has 0 bridgehead atoms. The Hall–Kier alpha value is -2.90. The van der Waals surface area contributed by atoms with Crippen LogP contribution in [-0.4, -0.2) is 34.0 Å². The minimum atomic E-state index is -3.57. The van der Waals surface area contributed by atoms with E-state index in [2.05, 4.69) is 10.0 Å². The van der Waals surface area contributed by atoms with Crippen LogP contribution in [0.3, 0.4) is 0 Å². The van der Waals surface area contributed by atoms with Crippen molar-refractivity contribution in [2.75, 3.05) is 19.7 Å². The number of hydrogen-bond donors (Lipinski definition) is 2. The summed E-state index contributed by atoms with van der Waals surface area (Å²) in [4.78, 5) is 12.1. The summed E-state index contributed by atoms with van der Waals surface area (Å²) in [7, 11) is -3.57.